The summed E-state index contributed by atoms with van der Waals surface area (Å²) in [6.45, 7) is -2.58. The fourth-order valence-corrected chi connectivity index (χ4v) is 3.42. The Bertz CT molecular complexity index is 1300. The number of nitrogens with zero attached hydrogens (tertiary/aromatic N) is 3. The zero-order valence-corrected chi connectivity index (χ0v) is 15.6. The third-order valence-electron chi connectivity index (χ3n) is 4.90. The van der Waals surface area contributed by atoms with Gasteiger partial charge in [-0.15, -0.1) is 0 Å². The Morgan fingerprint density at radius 3 is 3.00 bits per heavy atom. The van der Waals surface area contributed by atoms with Crippen LogP contribution in [0.15, 0.2) is 42.6 Å². The van der Waals surface area contributed by atoms with E-state index in [1.807, 2.05) is 0 Å². The van der Waals surface area contributed by atoms with Gasteiger partial charge in [0.15, 0.2) is 0 Å². The quantitative estimate of drug-likeness (QED) is 0.713. The number of carbonyl (C=O) groups excluding carboxylic acids is 1. The lowest BCUT2D eigenvalue weighted by molar-refractivity contribution is 0.0965. The van der Waals surface area contributed by atoms with Crippen LogP contribution in [0.5, 0.6) is 0 Å². The van der Waals surface area contributed by atoms with Gasteiger partial charge in [0.1, 0.15) is 11.6 Å². The van der Waals surface area contributed by atoms with E-state index in [1.165, 1.54) is 18.3 Å². The number of amides is 1. The lowest BCUT2D eigenvalue weighted by Crippen LogP contribution is -2.32. The molecule has 0 unspecified atom stereocenters. The largest absolute Gasteiger partial charge is 0.352 e. The van der Waals surface area contributed by atoms with E-state index in [-0.39, 0.29) is 41.6 Å². The average molecular weight is 393 g/mol. The van der Waals surface area contributed by atoms with Crippen molar-refractivity contribution in [2.24, 2.45) is 0 Å². The van der Waals surface area contributed by atoms with Crippen LogP contribution in [0.1, 0.15) is 38.4 Å². The van der Waals surface area contributed by atoms with Gasteiger partial charge >= 0.3 is 0 Å². The highest BCUT2D eigenvalue weighted by Crippen LogP contribution is 2.29. The van der Waals surface area contributed by atoms with Crippen LogP contribution in [0, 0.1) is 12.7 Å². The number of aromatic nitrogens is 2. The number of aryl methyl sites for hydroxylation is 2. The Labute approximate surface area is 173 Å². The van der Waals surface area contributed by atoms with Crippen molar-refractivity contribution in [1.29, 1.82) is 0 Å². The van der Waals surface area contributed by atoms with E-state index >= 15 is 0 Å². The predicted molar refractivity (Wildman–Crippen MR) is 109 cm³/mol. The molecule has 0 fully saturated rings. The third kappa shape index (κ3) is 3.18. The molecule has 0 radical (unpaired) electrons. The van der Waals surface area contributed by atoms with Crippen molar-refractivity contribution in [3.63, 3.8) is 0 Å². The molecule has 2 aliphatic heterocycles. The summed E-state index contributed by atoms with van der Waals surface area (Å²) in [5, 5.41) is 5.59. The van der Waals surface area contributed by atoms with Crippen LogP contribution in [-0.2, 0) is 19.5 Å². The van der Waals surface area contributed by atoms with Crippen molar-refractivity contribution in [2.75, 3.05) is 16.7 Å². The number of anilines is 3. The number of rotatable bonds is 3. The van der Waals surface area contributed by atoms with Gasteiger partial charge in [0.25, 0.3) is 5.91 Å². The van der Waals surface area contributed by atoms with Crippen LogP contribution < -0.4 is 15.5 Å². The first-order chi connectivity index (χ1) is 15.6. The normalized spacial score (nSPS) is 20.5. The minimum Gasteiger partial charge on any atom is -0.352 e. The molecule has 0 saturated heterocycles. The highest BCUT2D eigenvalue weighted by atomic mass is 19.1. The summed E-state index contributed by atoms with van der Waals surface area (Å²) in [7, 11) is 0. The molecule has 7 heteroatoms. The van der Waals surface area contributed by atoms with Crippen LogP contribution in [0.3, 0.4) is 0 Å². The topological polar surface area (TPSA) is 70.2 Å². The van der Waals surface area contributed by atoms with Gasteiger partial charge in [0, 0.05) is 27.8 Å². The second kappa shape index (κ2) is 6.84. The SMILES string of the molecule is [2H]C1([2H])Cc2ncc(Nc3ccccc3F)cc2C([2H])([2H])N1c1nc2c(cc1C)C(=O)NC2. The van der Waals surface area contributed by atoms with Gasteiger partial charge in [0.2, 0.25) is 0 Å². The number of benzene rings is 1. The van der Waals surface area contributed by atoms with Gasteiger partial charge in [-0.3, -0.25) is 9.78 Å². The molecular formula is C22H20FN5O. The number of para-hydroxylation sites is 1. The summed E-state index contributed by atoms with van der Waals surface area (Å²) in [6.07, 6.45) is 1.26. The Hall–Kier alpha value is -3.48. The molecule has 0 atom stereocenters. The number of carbonyl (C=O) groups is 1. The molecule has 0 spiro atoms. The fraction of sp³-hybridized carbons (Fsp3) is 0.227. The van der Waals surface area contributed by atoms with E-state index in [2.05, 4.69) is 20.6 Å². The smallest absolute Gasteiger partial charge is 0.253 e. The van der Waals surface area contributed by atoms with E-state index in [9.17, 15) is 9.18 Å². The standard InChI is InChI=1S/C22H20FN5O/c1-13-8-16-20(11-25-22(16)29)27-21(13)28-7-6-18-14(12-28)9-15(10-24-18)26-19-5-3-2-4-17(19)23/h2-5,8-10,26H,6-7,11-12H2,1H3,(H,25,29)/i7D2,12D2. The molecule has 0 bridgehead atoms. The van der Waals surface area contributed by atoms with Crippen LogP contribution >= 0.6 is 0 Å². The minimum atomic E-state index is -2.32. The van der Waals surface area contributed by atoms with E-state index in [0.717, 1.165) is 4.90 Å². The Morgan fingerprint density at radius 1 is 1.28 bits per heavy atom. The van der Waals surface area contributed by atoms with Crippen molar-refractivity contribution in [3.05, 3.63) is 76.5 Å². The fourth-order valence-electron chi connectivity index (χ4n) is 3.42. The third-order valence-corrected chi connectivity index (χ3v) is 4.90. The van der Waals surface area contributed by atoms with Gasteiger partial charge in [-0.25, -0.2) is 9.37 Å². The van der Waals surface area contributed by atoms with E-state index < -0.39 is 18.8 Å². The summed E-state index contributed by atoms with van der Waals surface area (Å²) in [5.74, 6) is -0.592. The molecule has 6 nitrogen and oxygen atoms in total. The monoisotopic (exact) mass is 393 g/mol. The van der Waals surface area contributed by atoms with Crippen molar-refractivity contribution in [2.45, 2.75) is 26.4 Å². The maximum atomic E-state index is 14.1. The maximum absolute atomic E-state index is 14.1. The first kappa shape index (κ1) is 13.7. The lowest BCUT2D eigenvalue weighted by atomic mass is 10.0. The summed E-state index contributed by atoms with van der Waals surface area (Å²) < 4.78 is 49.1. The van der Waals surface area contributed by atoms with Crippen molar-refractivity contribution < 1.29 is 14.7 Å². The molecule has 146 valence electrons. The number of fused-ring (bicyclic) bond motifs is 2. The zero-order valence-electron chi connectivity index (χ0n) is 19.6. The average Bonchev–Trinajstić information content (AvgIpc) is 3.09. The maximum Gasteiger partial charge on any atom is 0.253 e. The molecule has 3 aromatic rings. The number of nitrogens with one attached hydrogen (secondary N) is 2. The second-order valence-electron chi connectivity index (χ2n) is 6.91. The first-order valence-corrected chi connectivity index (χ1v) is 9.18. The van der Waals surface area contributed by atoms with Crippen LogP contribution in [0.2, 0.25) is 0 Å². The molecule has 0 saturated carbocycles. The Kier molecular flexibility index (Phi) is 3.22. The van der Waals surface area contributed by atoms with Crippen molar-refractivity contribution >= 4 is 23.1 Å². The van der Waals surface area contributed by atoms with E-state index in [4.69, 9.17) is 5.48 Å². The number of hydrogen-bond donors (Lipinski definition) is 2. The first-order valence-electron chi connectivity index (χ1n) is 11.2. The summed E-state index contributed by atoms with van der Waals surface area (Å²) in [5.41, 5.74) is 2.37. The molecule has 5 rings (SSSR count). The molecule has 2 N–H and O–H groups in total. The second-order valence-corrected chi connectivity index (χ2v) is 6.91. The van der Waals surface area contributed by atoms with E-state index in [0.29, 0.717) is 22.5 Å². The summed E-state index contributed by atoms with van der Waals surface area (Å²) in [6, 6.07) is 9.24. The molecule has 1 amide bonds. The molecule has 0 aliphatic carbocycles. The van der Waals surface area contributed by atoms with Crippen molar-refractivity contribution in [3.8, 4) is 0 Å². The summed E-state index contributed by atoms with van der Waals surface area (Å²) >= 11 is 0. The minimum absolute atomic E-state index is 0.123. The molecule has 2 aromatic heterocycles. The Morgan fingerprint density at radius 2 is 2.14 bits per heavy atom. The van der Waals surface area contributed by atoms with Gasteiger partial charge in [-0.2, -0.15) is 0 Å². The molecule has 29 heavy (non-hydrogen) atoms. The van der Waals surface area contributed by atoms with Gasteiger partial charge in [0.05, 0.1) is 38.1 Å². The number of hydrogen-bond acceptors (Lipinski definition) is 5. The predicted octanol–water partition coefficient (Wildman–Crippen LogP) is 3.47. The van der Waals surface area contributed by atoms with Crippen LogP contribution in [0.4, 0.5) is 21.6 Å². The Balaban J connectivity index is 1.60. The zero-order chi connectivity index (χ0) is 23.5. The van der Waals surface area contributed by atoms with E-state index in [1.54, 1.807) is 31.2 Å². The number of halogens is 1. The van der Waals surface area contributed by atoms with Gasteiger partial charge in [-0.1, -0.05) is 12.1 Å². The van der Waals surface area contributed by atoms with Gasteiger partial charge < -0.3 is 15.5 Å². The highest BCUT2D eigenvalue weighted by Gasteiger charge is 2.25. The highest BCUT2D eigenvalue weighted by molar-refractivity contribution is 5.98. The van der Waals surface area contributed by atoms with Crippen LogP contribution in [-0.4, -0.2) is 22.4 Å². The lowest BCUT2D eigenvalue weighted by Gasteiger charge is -2.31. The van der Waals surface area contributed by atoms with Crippen LogP contribution in [0.25, 0.3) is 0 Å². The van der Waals surface area contributed by atoms with Crippen molar-refractivity contribution in [1.82, 2.24) is 15.3 Å². The molecular weight excluding hydrogens is 369 g/mol. The van der Waals surface area contributed by atoms with Gasteiger partial charge in [-0.05, 0) is 42.3 Å². The summed E-state index contributed by atoms with van der Waals surface area (Å²) in [4.78, 5) is 21.7. The molecule has 2 aliphatic rings. The number of pyridine rings is 2. The molecule has 4 heterocycles. The molecule has 1 aromatic carbocycles.